The topological polar surface area (TPSA) is 126 Å². The lowest BCUT2D eigenvalue weighted by molar-refractivity contribution is -0.132. The summed E-state index contributed by atoms with van der Waals surface area (Å²) in [6.07, 6.45) is 3.19. The Kier molecular flexibility index (Phi) is 6.74. The SMILES string of the molecule is Cc1c(-c2nn(CC(=O)N3CCN(c4ccc(C#N)cn4)CC3)c(=O)o2)ncn1Cc1ccc(Cl)cc1. The van der Waals surface area contributed by atoms with Gasteiger partial charge in [0.25, 0.3) is 5.89 Å². The minimum absolute atomic E-state index is 0.0712. The molecular formula is C25H23ClN8O3. The van der Waals surface area contributed by atoms with Gasteiger partial charge < -0.3 is 18.8 Å². The van der Waals surface area contributed by atoms with Crippen LogP contribution in [0, 0.1) is 18.3 Å². The lowest BCUT2D eigenvalue weighted by atomic mass is 10.2. The Morgan fingerprint density at radius 1 is 1.11 bits per heavy atom. The van der Waals surface area contributed by atoms with Crippen LogP contribution in [0.2, 0.25) is 5.02 Å². The largest absolute Gasteiger partial charge is 0.437 e. The Balaban J connectivity index is 1.22. The zero-order valence-corrected chi connectivity index (χ0v) is 20.8. The van der Waals surface area contributed by atoms with Crippen molar-refractivity contribution < 1.29 is 9.21 Å². The van der Waals surface area contributed by atoms with E-state index in [9.17, 15) is 9.59 Å². The van der Waals surface area contributed by atoms with Crippen molar-refractivity contribution in [3.8, 4) is 17.7 Å². The van der Waals surface area contributed by atoms with Crippen LogP contribution in [0.3, 0.4) is 0 Å². The maximum atomic E-state index is 12.9. The van der Waals surface area contributed by atoms with Crippen molar-refractivity contribution in [2.24, 2.45) is 0 Å². The van der Waals surface area contributed by atoms with Crippen molar-refractivity contribution in [2.45, 2.75) is 20.0 Å². The van der Waals surface area contributed by atoms with E-state index in [0.29, 0.717) is 49.0 Å². The van der Waals surface area contributed by atoms with Crippen LogP contribution in [0.4, 0.5) is 5.82 Å². The number of halogens is 1. The highest BCUT2D eigenvalue weighted by Gasteiger charge is 2.24. The maximum absolute atomic E-state index is 12.9. The predicted octanol–water partition coefficient (Wildman–Crippen LogP) is 2.33. The molecule has 0 unspecified atom stereocenters. The second kappa shape index (κ2) is 10.3. The number of carbonyl (C=O) groups is 1. The zero-order valence-electron chi connectivity index (χ0n) is 20.0. The van der Waals surface area contributed by atoms with Gasteiger partial charge in [-0.1, -0.05) is 23.7 Å². The molecule has 5 rings (SSSR count). The molecule has 4 aromatic rings. The van der Waals surface area contributed by atoms with Crippen LogP contribution in [-0.4, -0.2) is 61.3 Å². The molecule has 0 saturated carbocycles. The fourth-order valence-corrected chi connectivity index (χ4v) is 4.28. The van der Waals surface area contributed by atoms with Gasteiger partial charge in [0.05, 0.1) is 11.9 Å². The van der Waals surface area contributed by atoms with E-state index in [1.165, 1.54) is 6.20 Å². The number of hydrogen-bond donors (Lipinski definition) is 0. The van der Waals surface area contributed by atoms with Gasteiger partial charge >= 0.3 is 5.76 Å². The Morgan fingerprint density at radius 2 is 1.86 bits per heavy atom. The molecule has 1 amide bonds. The number of aromatic nitrogens is 5. The van der Waals surface area contributed by atoms with Crippen LogP contribution in [-0.2, 0) is 17.9 Å². The van der Waals surface area contributed by atoms with Gasteiger partial charge in [-0.15, -0.1) is 5.10 Å². The lowest BCUT2D eigenvalue weighted by Gasteiger charge is -2.35. The van der Waals surface area contributed by atoms with Crippen LogP contribution in [0.1, 0.15) is 16.8 Å². The van der Waals surface area contributed by atoms with E-state index in [1.54, 1.807) is 23.4 Å². The molecule has 1 aromatic carbocycles. The van der Waals surface area contributed by atoms with Crippen molar-refractivity contribution in [3.63, 3.8) is 0 Å². The van der Waals surface area contributed by atoms with Gasteiger partial charge in [0.2, 0.25) is 5.91 Å². The van der Waals surface area contributed by atoms with E-state index < -0.39 is 5.76 Å². The highest BCUT2D eigenvalue weighted by molar-refractivity contribution is 6.30. The third kappa shape index (κ3) is 5.24. The number of piperazine rings is 1. The number of benzene rings is 1. The standard InChI is InChI=1S/C25H23ClN8O3/c1-17-23(29-16-33(17)14-18-2-5-20(26)6-3-18)24-30-34(25(36)37-24)15-22(35)32-10-8-31(9-11-32)21-7-4-19(12-27)13-28-21/h2-7,13,16H,8-11,14-15H2,1H3. The van der Waals surface area contributed by atoms with Crippen LogP contribution >= 0.6 is 11.6 Å². The predicted molar refractivity (Wildman–Crippen MR) is 135 cm³/mol. The Hall–Kier alpha value is -4.43. The maximum Gasteiger partial charge on any atom is 0.437 e. The second-order valence-electron chi connectivity index (χ2n) is 8.65. The summed E-state index contributed by atoms with van der Waals surface area (Å²) < 4.78 is 8.29. The molecule has 0 spiro atoms. The average molecular weight is 519 g/mol. The van der Waals surface area contributed by atoms with Crippen molar-refractivity contribution in [1.82, 2.24) is 29.2 Å². The van der Waals surface area contributed by atoms with Crippen LogP contribution < -0.4 is 10.7 Å². The summed E-state index contributed by atoms with van der Waals surface area (Å²) in [5, 5.41) is 13.8. The minimum atomic E-state index is -0.713. The fourth-order valence-electron chi connectivity index (χ4n) is 4.15. The number of imidazole rings is 1. The first kappa shape index (κ1) is 24.3. The molecule has 1 aliphatic rings. The highest BCUT2D eigenvalue weighted by atomic mass is 35.5. The summed E-state index contributed by atoms with van der Waals surface area (Å²) in [6.45, 7) is 4.36. The first-order valence-electron chi connectivity index (χ1n) is 11.6. The van der Waals surface area contributed by atoms with Crippen molar-refractivity contribution in [1.29, 1.82) is 5.26 Å². The lowest BCUT2D eigenvalue weighted by Crippen LogP contribution is -2.50. The molecule has 0 atom stereocenters. The summed E-state index contributed by atoms with van der Waals surface area (Å²) in [6, 6.07) is 13.1. The number of nitriles is 1. The first-order valence-corrected chi connectivity index (χ1v) is 12.0. The molecule has 0 N–H and O–H groups in total. The number of pyridine rings is 1. The molecule has 0 aliphatic carbocycles. The van der Waals surface area contributed by atoms with Gasteiger partial charge in [-0.3, -0.25) is 4.79 Å². The summed E-state index contributed by atoms with van der Waals surface area (Å²) in [5.41, 5.74) is 2.77. The normalized spacial score (nSPS) is 13.5. The number of carbonyl (C=O) groups excluding carboxylic acids is 1. The first-order chi connectivity index (χ1) is 17.9. The molecule has 4 heterocycles. The third-order valence-electron chi connectivity index (χ3n) is 6.29. The van der Waals surface area contributed by atoms with Crippen molar-refractivity contribution >= 4 is 23.3 Å². The Labute approximate surface area is 217 Å². The highest BCUT2D eigenvalue weighted by Crippen LogP contribution is 2.20. The molecular weight excluding hydrogens is 496 g/mol. The molecule has 37 heavy (non-hydrogen) atoms. The Morgan fingerprint density at radius 3 is 2.54 bits per heavy atom. The molecule has 3 aromatic heterocycles. The quantitative estimate of drug-likeness (QED) is 0.380. The van der Waals surface area contributed by atoms with E-state index in [0.717, 1.165) is 21.8 Å². The molecule has 1 saturated heterocycles. The molecule has 0 bridgehead atoms. The van der Waals surface area contributed by atoms with E-state index in [2.05, 4.69) is 20.0 Å². The second-order valence-corrected chi connectivity index (χ2v) is 9.08. The fraction of sp³-hybridized carbons (Fsp3) is 0.280. The number of hydrogen-bond acceptors (Lipinski definition) is 8. The molecule has 0 radical (unpaired) electrons. The molecule has 11 nitrogen and oxygen atoms in total. The van der Waals surface area contributed by atoms with E-state index in [-0.39, 0.29) is 18.3 Å². The van der Waals surface area contributed by atoms with E-state index >= 15 is 0 Å². The van der Waals surface area contributed by atoms with E-state index in [4.69, 9.17) is 21.3 Å². The molecule has 188 valence electrons. The summed E-state index contributed by atoms with van der Waals surface area (Å²) in [4.78, 5) is 37.7. The van der Waals surface area contributed by atoms with Crippen LogP contribution in [0.25, 0.3) is 11.6 Å². The van der Waals surface area contributed by atoms with Gasteiger partial charge in [0.15, 0.2) is 0 Å². The van der Waals surface area contributed by atoms with Gasteiger partial charge in [-0.25, -0.2) is 14.8 Å². The molecule has 1 aliphatic heterocycles. The van der Waals surface area contributed by atoms with Crippen molar-refractivity contribution in [3.05, 3.63) is 81.3 Å². The third-order valence-corrected chi connectivity index (χ3v) is 6.55. The number of rotatable bonds is 6. The zero-order chi connectivity index (χ0) is 25.9. The van der Waals surface area contributed by atoms with Gasteiger partial charge in [-0.2, -0.15) is 9.94 Å². The minimum Gasteiger partial charge on any atom is -0.386 e. The summed E-state index contributed by atoms with van der Waals surface area (Å²) >= 11 is 5.96. The van der Waals surface area contributed by atoms with Gasteiger partial charge in [0.1, 0.15) is 24.1 Å². The van der Waals surface area contributed by atoms with Crippen molar-refractivity contribution in [2.75, 3.05) is 31.1 Å². The number of amides is 1. The Bertz CT molecular complexity index is 1510. The smallest absolute Gasteiger partial charge is 0.386 e. The van der Waals surface area contributed by atoms with Crippen LogP contribution in [0.15, 0.2) is 58.1 Å². The average Bonchev–Trinajstić information content (AvgIpc) is 3.46. The summed E-state index contributed by atoms with van der Waals surface area (Å²) in [5.74, 6) is -0.106. The number of anilines is 1. The number of nitrogens with zero attached hydrogens (tertiary/aromatic N) is 8. The molecule has 12 heteroatoms. The summed E-state index contributed by atoms with van der Waals surface area (Å²) in [7, 11) is 0. The van der Waals surface area contributed by atoms with Gasteiger partial charge in [-0.05, 0) is 36.8 Å². The van der Waals surface area contributed by atoms with Crippen LogP contribution in [0.5, 0.6) is 0 Å². The molecule has 1 fully saturated rings. The van der Waals surface area contributed by atoms with E-state index in [1.807, 2.05) is 41.8 Å². The monoisotopic (exact) mass is 518 g/mol. The van der Waals surface area contributed by atoms with Gasteiger partial charge in [0, 0.05) is 49.6 Å².